The number of hydrogen-bond acceptors (Lipinski definition) is 4. The van der Waals surface area contributed by atoms with Gasteiger partial charge in [0, 0.05) is 17.5 Å². The Morgan fingerprint density at radius 3 is 2.73 bits per heavy atom. The first-order chi connectivity index (χ1) is 14.5. The second-order valence-electron chi connectivity index (χ2n) is 8.96. The van der Waals surface area contributed by atoms with Crippen LogP contribution in [0.3, 0.4) is 0 Å². The molecule has 158 valence electrons. The van der Waals surface area contributed by atoms with E-state index in [-0.39, 0.29) is 11.8 Å². The molecule has 5 nitrogen and oxygen atoms in total. The van der Waals surface area contributed by atoms with Crippen LogP contribution in [0.15, 0.2) is 41.5 Å². The van der Waals surface area contributed by atoms with Crippen molar-refractivity contribution in [2.75, 3.05) is 26.7 Å². The van der Waals surface area contributed by atoms with Crippen LogP contribution in [-0.2, 0) is 0 Å². The third kappa shape index (κ3) is 2.99. The number of rotatable bonds is 3. The number of quaternary nitrogens is 1. The van der Waals surface area contributed by atoms with Gasteiger partial charge in [0.25, 0.3) is 0 Å². The summed E-state index contributed by atoms with van der Waals surface area (Å²) in [6.45, 7) is 9.98. The van der Waals surface area contributed by atoms with E-state index in [9.17, 15) is 0 Å². The van der Waals surface area contributed by atoms with Crippen molar-refractivity contribution < 1.29 is 14.4 Å². The predicted octanol–water partition coefficient (Wildman–Crippen LogP) is 3.25. The number of methoxy groups -OCH3 is 1. The van der Waals surface area contributed by atoms with Crippen LogP contribution in [0.1, 0.15) is 54.5 Å². The van der Waals surface area contributed by atoms with E-state index >= 15 is 0 Å². The maximum Gasteiger partial charge on any atom is 0.209 e. The van der Waals surface area contributed by atoms with Crippen LogP contribution in [0.4, 0.5) is 0 Å². The fourth-order valence-electron chi connectivity index (χ4n) is 5.32. The lowest BCUT2D eigenvalue weighted by molar-refractivity contribution is -0.906. The Morgan fingerprint density at radius 2 is 2.00 bits per heavy atom. The van der Waals surface area contributed by atoms with Crippen LogP contribution >= 0.6 is 0 Å². The summed E-state index contributed by atoms with van der Waals surface area (Å²) in [5.41, 5.74) is 5.80. The third-order valence-corrected chi connectivity index (χ3v) is 7.15. The number of nitrogens with one attached hydrogen (secondary N) is 1. The topological polar surface area (TPSA) is 38.5 Å². The van der Waals surface area contributed by atoms with Crippen molar-refractivity contribution in [1.82, 2.24) is 5.01 Å². The Balaban J connectivity index is 1.60. The van der Waals surface area contributed by atoms with Crippen molar-refractivity contribution >= 4 is 5.71 Å². The molecule has 0 aromatic heterocycles. The summed E-state index contributed by atoms with van der Waals surface area (Å²) >= 11 is 0. The van der Waals surface area contributed by atoms with Gasteiger partial charge in [-0.05, 0) is 38.5 Å². The predicted molar refractivity (Wildman–Crippen MR) is 118 cm³/mol. The molecular formula is C25H32N3O2+. The number of likely N-dealkylation sites (tertiary alicyclic amines) is 1. The summed E-state index contributed by atoms with van der Waals surface area (Å²) in [6, 6.07) is 13.1. The molecular weight excluding hydrogens is 374 g/mol. The Labute approximate surface area is 179 Å². The normalized spacial score (nSPS) is 27.3. The number of para-hydroxylation sites is 1. The van der Waals surface area contributed by atoms with Crippen molar-refractivity contribution in [3.05, 3.63) is 58.7 Å². The smallest absolute Gasteiger partial charge is 0.209 e. The van der Waals surface area contributed by atoms with Gasteiger partial charge in [0.1, 0.15) is 0 Å². The summed E-state index contributed by atoms with van der Waals surface area (Å²) in [5.74, 6) is 1.75. The first-order valence-corrected chi connectivity index (χ1v) is 11.2. The zero-order valence-electron chi connectivity index (χ0n) is 18.5. The summed E-state index contributed by atoms with van der Waals surface area (Å²) in [4.78, 5) is 1.64. The maximum atomic E-state index is 6.81. The van der Waals surface area contributed by atoms with E-state index in [0.717, 1.165) is 50.4 Å². The SMILES string of the molecule is CC[NH+]1CCC2(CC1)Oc1c(OC)cccc1[C@H]1CC(c3cc(C)ccc3C)=NN12. The molecule has 3 aliphatic heterocycles. The van der Waals surface area contributed by atoms with Gasteiger partial charge in [-0.3, -0.25) is 0 Å². The minimum Gasteiger partial charge on any atom is -0.493 e. The summed E-state index contributed by atoms with van der Waals surface area (Å²) in [5, 5.41) is 7.54. The van der Waals surface area contributed by atoms with Crippen LogP contribution < -0.4 is 14.4 Å². The average molecular weight is 407 g/mol. The standard InChI is InChI=1S/C25H31N3O2/c1-5-27-13-11-25(12-14-27)28-22(19-7-6-8-23(29-4)24(19)30-25)16-21(26-28)20-15-17(2)9-10-18(20)3/h6-10,15,22H,5,11-14,16H2,1-4H3/p+1/t22-/m1/s1. The molecule has 0 unspecified atom stereocenters. The molecule has 30 heavy (non-hydrogen) atoms. The van der Waals surface area contributed by atoms with Gasteiger partial charge in [-0.15, -0.1) is 0 Å². The number of hydrogen-bond donors (Lipinski definition) is 1. The summed E-state index contributed by atoms with van der Waals surface area (Å²) in [6.07, 6.45) is 2.86. The van der Waals surface area contributed by atoms with Crippen LogP contribution in [0.5, 0.6) is 11.5 Å². The highest BCUT2D eigenvalue weighted by Crippen LogP contribution is 2.52. The molecule has 3 heterocycles. The first-order valence-electron chi connectivity index (χ1n) is 11.2. The van der Waals surface area contributed by atoms with Gasteiger partial charge in [0.2, 0.25) is 5.72 Å². The molecule has 0 aliphatic carbocycles. The lowest BCUT2D eigenvalue weighted by atomic mass is 9.89. The zero-order chi connectivity index (χ0) is 20.9. The lowest BCUT2D eigenvalue weighted by Crippen LogP contribution is -3.13. The monoisotopic (exact) mass is 406 g/mol. The number of piperidine rings is 1. The number of hydrazone groups is 1. The lowest BCUT2D eigenvalue weighted by Gasteiger charge is -2.50. The van der Waals surface area contributed by atoms with Crippen molar-refractivity contribution in [3.8, 4) is 11.5 Å². The second kappa shape index (κ2) is 7.31. The van der Waals surface area contributed by atoms with E-state index < -0.39 is 0 Å². The van der Waals surface area contributed by atoms with Crippen molar-refractivity contribution in [3.63, 3.8) is 0 Å². The van der Waals surface area contributed by atoms with E-state index in [2.05, 4.69) is 56.1 Å². The van der Waals surface area contributed by atoms with Gasteiger partial charge in [-0.25, -0.2) is 5.01 Å². The molecule has 0 saturated carbocycles. The second-order valence-corrected chi connectivity index (χ2v) is 8.96. The molecule has 0 amide bonds. The van der Waals surface area contributed by atoms with Gasteiger partial charge in [-0.2, -0.15) is 5.10 Å². The third-order valence-electron chi connectivity index (χ3n) is 7.15. The van der Waals surface area contributed by atoms with Gasteiger partial charge in [0.15, 0.2) is 11.5 Å². The average Bonchev–Trinajstić information content (AvgIpc) is 3.22. The van der Waals surface area contributed by atoms with Crippen LogP contribution in [0, 0.1) is 13.8 Å². The molecule has 3 aliphatic rings. The number of fused-ring (bicyclic) bond motifs is 4. The number of benzene rings is 2. The molecule has 0 bridgehead atoms. The molecule has 1 spiro atoms. The van der Waals surface area contributed by atoms with Crippen LogP contribution in [0.2, 0.25) is 0 Å². The molecule has 1 saturated heterocycles. The van der Waals surface area contributed by atoms with Gasteiger partial charge in [-0.1, -0.05) is 29.8 Å². The highest BCUT2D eigenvalue weighted by molar-refractivity contribution is 6.03. The van der Waals surface area contributed by atoms with E-state index in [1.807, 2.05) is 6.07 Å². The Bertz CT molecular complexity index is 992. The Kier molecular flexibility index (Phi) is 4.73. The Morgan fingerprint density at radius 1 is 1.20 bits per heavy atom. The molecule has 1 N–H and O–H groups in total. The molecule has 1 atom stereocenters. The zero-order valence-corrected chi connectivity index (χ0v) is 18.5. The molecule has 5 rings (SSSR count). The minimum absolute atomic E-state index is 0.196. The minimum atomic E-state index is -0.384. The van der Waals surface area contributed by atoms with Crippen molar-refractivity contribution in [1.29, 1.82) is 0 Å². The quantitative estimate of drug-likeness (QED) is 0.850. The first kappa shape index (κ1) is 19.4. The highest BCUT2D eigenvalue weighted by atomic mass is 16.5. The Hall–Kier alpha value is -2.53. The van der Waals surface area contributed by atoms with E-state index in [1.165, 1.54) is 28.0 Å². The van der Waals surface area contributed by atoms with Crippen molar-refractivity contribution in [2.24, 2.45) is 5.10 Å². The van der Waals surface area contributed by atoms with Crippen LogP contribution in [-0.4, -0.2) is 43.2 Å². The molecule has 0 radical (unpaired) electrons. The highest BCUT2D eigenvalue weighted by Gasteiger charge is 2.53. The number of aryl methyl sites for hydroxylation is 2. The summed E-state index contributed by atoms with van der Waals surface area (Å²) < 4.78 is 12.5. The van der Waals surface area contributed by atoms with Gasteiger partial charge < -0.3 is 14.4 Å². The van der Waals surface area contributed by atoms with Crippen molar-refractivity contribution in [2.45, 2.75) is 51.8 Å². The fourth-order valence-corrected chi connectivity index (χ4v) is 5.32. The molecule has 1 fully saturated rings. The molecule has 2 aromatic carbocycles. The number of nitrogens with zero attached hydrogens (tertiary/aromatic N) is 2. The molecule has 2 aromatic rings. The maximum absolute atomic E-state index is 6.81. The van der Waals surface area contributed by atoms with Gasteiger partial charge >= 0.3 is 0 Å². The van der Waals surface area contributed by atoms with Crippen LogP contribution in [0.25, 0.3) is 0 Å². The fraction of sp³-hybridized carbons (Fsp3) is 0.480. The van der Waals surface area contributed by atoms with Gasteiger partial charge in [0.05, 0.1) is 51.3 Å². The number of ether oxygens (including phenoxy) is 2. The largest absolute Gasteiger partial charge is 0.493 e. The van der Waals surface area contributed by atoms with E-state index in [4.69, 9.17) is 14.6 Å². The van der Waals surface area contributed by atoms with E-state index in [1.54, 1.807) is 12.0 Å². The summed E-state index contributed by atoms with van der Waals surface area (Å²) in [7, 11) is 1.73. The molecule has 5 heteroatoms. The van der Waals surface area contributed by atoms with E-state index in [0.29, 0.717) is 0 Å².